The number of rotatable bonds is 7. The molecule has 0 aliphatic heterocycles. The Kier molecular flexibility index (Phi) is 6.31. The molecule has 4 aromatic rings. The van der Waals surface area contributed by atoms with Crippen molar-refractivity contribution in [3.63, 3.8) is 0 Å². The zero-order chi connectivity index (χ0) is 21.8. The third kappa shape index (κ3) is 5.10. The molecule has 0 aliphatic carbocycles. The van der Waals surface area contributed by atoms with Gasteiger partial charge in [0, 0.05) is 27.5 Å². The number of carbonyl (C=O) groups is 2. The molecule has 8 nitrogen and oxygen atoms in total. The van der Waals surface area contributed by atoms with Crippen LogP contribution >= 0.6 is 34.3 Å². The average molecular weight is 475 g/mol. The van der Waals surface area contributed by atoms with Crippen LogP contribution < -0.4 is 10.1 Å². The number of esters is 1. The number of hydrogen-bond acceptors (Lipinski definition) is 8. The lowest BCUT2D eigenvalue weighted by atomic mass is 10.2. The summed E-state index contributed by atoms with van der Waals surface area (Å²) in [6, 6.07) is 8.65. The molecular weight excluding hydrogens is 460 g/mol. The molecule has 1 amide bonds. The second kappa shape index (κ2) is 9.29. The summed E-state index contributed by atoms with van der Waals surface area (Å²) in [7, 11) is 1.31. The highest BCUT2D eigenvalue weighted by molar-refractivity contribution is 7.14. The third-order valence-corrected chi connectivity index (χ3v) is 5.90. The van der Waals surface area contributed by atoms with E-state index in [4.69, 9.17) is 16.3 Å². The number of aromatic amines is 1. The van der Waals surface area contributed by atoms with Crippen molar-refractivity contribution in [2.75, 3.05) is 12.4 Å². The van der Waals surface area contributed by atoms with Gasteiger partial charge in [-0.3, -0.25) is 10.1 Å². The molecule has 0 fully saturated rings. The van der Waals surface area contributed by atoms with Crippen LogP contribution in [-0.2, 0) is 11.3 Å². The second-order valence-corrected chi connectivity index (χ2v) is 8.39. The number of nitrogens with zero attached hydrogens (tertiary/aromatic N) is 2. The molecule has 4 rings (SSSR count). The number of H-pyrrole nitrogens is 1. The maximum absolute atomic E-state index is 12.5. The molecular formula is C20H15ClN4O4S2. The second-order valence-electron chi connectivity index (χ2n) is 6.15. The van der Waals surface area contributed by atoms with Crippen molar-refractivity contribution >= 4 is 51.3 Å². The number of ether oxygens (including phenoxy) is 2. The molecule has 11 heteroatoms. The van der Waals surface area contributed by atoms with E-state index in [-0.39, 0.29) is 18.2 Å². The van der Waals surface area contributed by atoms with Crippen molar-refractivity contribution in [3.05, 3.63) is 68.7 Å². The van der Waals surface area contributed by atoms with E-state index in [1.807, 2.05) is 0 Å². The minimum atomic E-state index is -0.464. The zero-order valence-electron chi connectivity index (χ0n) is 16.0. The SMILES string of the molecule is COC(=O)c1cc(-c2csc(NC(=O)c3csc(COc4ccc(Cl)cc4)n3)n2)c[nH]1. The minimum absolute atomic E-state index is 0.247. The lowest BCUT2D eigenvalue weighted by molar-refractivity contribution is 0.0594. The summed E-state index contributed by atoms with van der Waals surface area (Å²) in [6.07, 6.45) is 1.65. The summed E-state index contributed by atoms with van der Waals surface area (Å²) in [6.45, 7) is 0.247. The van der Waals surface area contributed by atoms with Crippen molar-refractivity contribution < 1.29 is 19.1 Å². The van der Waals surface area contributed by atoms with Crippen molar-refractivity contribution in [3.8, 4) is 17.0 Å². The summed E-state index contributed by atoms with van der Waals surface area (Å²) in [5.41, 5.74) is 1.95. The van der Waals surface area contributed by atoms with E-state index in [0.717, 1.165) is 0 Å². The van der Waals surface area contributed by atoms with Gasteiger partial charge in [0.1, 0.15) is 28.8 Å². The molecule has 0 aliphatic rings. The molecule has 158 valence electrons. The first-order valence-electron chi connectivity index (χ1n) is 8.88. The number of thiazole rings is 2. The van der Waals surface area contributed by atoms with Crippen LogP contribution in [0.2, 0.25) is 5.02 Å². The first-order valence-corrected chi connectivity index (χ1v) is 11.0. The van der Waals surface area contributed by atoms with Gasteiger partial charge in [-0.15, -0.1) is 22.7 Å². The molecule has 3 aromatic heterocycles. The Morgan fingerprint density at radius 1 is 1.16 bits per heavy atom. The van der Waals surface area contributed by atoms with Crippen molar-refractivity contribution in [1.82, 2.24) is 15.0 Å². The zero-order valence-corrected chi connectivity index (χ0v) is 18.4. The number of amides is 1. The first kappa shape index (κ1) is 21.0. The van der Waals surface area contributed by atoms with Gasteiger partial charge in [0.15, 0.2) is 5.13 Å². The monoisotopic (exact) mass is 474 g/mol. The van der Waals surface area contributed by atoms with Crippen LogP contribution in [0.15, 0.2) is 47.3 Å². The molecule has 0 spiro atoms. The fourth-order valence-corrected chi connectivity index (χ4v) is 4.08. The summed E-state index contributed by atoms with van der Waals surface area (Å²) in [5, 5.41) is 7.91. The minimum Gasteiger partial charge on any atom is -0.486 e. The Bertz CT molecular complexity index is 1220. The molecule has 3 heterocycles. The number of anilines is 1. The van der Waals surface area contributed by atoms with E-state index in [0.29, 0.717) is 37.9 Å². The van der Waals surface area contributed by atoms with Crippen LogP contribution in [0.25, 0.3) is 11.3 Å². The highest BCUT2D eigenvalue weighted by Crippen LogP contribution is 2.26. The molecule has 0 atom stereocenters. The predicted molar refractivity (Wildman–Crippen MR) is 119 cm³/mol. The molecule has 0 unspecified atom stereocenters. The van der Waals surface area contributed by atoms with Crippen LogP contribution in [0, 0.1) is 0 Å². The van der Waals surface area contributed by atoms with Crippen LogP contribution in [0.5, 0.6) is 5.75 Å². The number of nitrogens with one attached hydrogen (secondary N) is 2. The summed E-state index contributed by atoms with van der Waals surface area (Å²) < 4.78 is 10.3. The van der Waals surface area contributed by atoms with E-state index in [1.54, 1.807) is 47.3 Å². The van der Waals surface area contributed by atoms with Crippen molar-refractivity contribution in [1.29, 1.82) is 0 Å². The molecule has 2 N–H and O–H groups in total. The Labute approximate surface area is 189 Å². The lowest BCUT2D eigenvalue weighted by Gasteiger charge is -2.03. The van der Waals surface area contributed by atoms with Crippen LogP contribution in [0.4, 0.5) is 5.13 Å². The Hall–Kier alpha value is -3.21. The van der Waals surface area contributed by atoms with E-state index >= 15 is 0 Å². The smallest absolute Gasteiger partial charge is 0.354 e. The van der Waals surface area contributed by atoms with Gasteiger partial charge in [-0.25, -0.2) is 14.8 Å². The summed E-state index contributed by atoms with van der Waals surface area (Å²) in [4.78, 5) is 35.6. The molecule has 31 heavy (non-hydrogen) atoms. The van der Waals surface area contributed by atoms with E-state index in [1.165, 1.54) is 29.8 Å². The lowest BCUT2D eigenvalue weighted by Crippen LogP contribution is -2.12. The van der Waals surface area contributed by atoms with Gasteiger partial charge in [0.05, 0.1) is 12.8 Å². The van der Waals surface area contributed by atoms with Gasteiger partial charge in [0.25, 0.3) is 5.91 Å². The van der Waals surface area contributed by atoms with E-state index in [2.05, 4.69) is 25.0 Å². The standard InChI is InChI=1S/C20H15ClN4O4S2/c1-28-19(27)14-6-11(7-22-14)15-9-31-20(24-15)25-18(26)16-10-30-17(23-16)8-29-13-4-2-12(21)3-5-13/h2-7,9-10,22H,8H2,1H3,(H,24,25,26). The highest BCUT2D eigenvalue weighted by Gasteiger charge is 2.15. The molecule has 0 radical (unpaired) electrons. The van der Waals surface area contributed by atoms with Crippen LogP contribution in [0.3, 0.4) is 0 Å². The van der Waals surface area contributed by atoms with Crippen molar-refractivity contribution in [2.24, 2.45) is 0 Å². The Morgan fingerprint density at radius 3 is 2.74 bits per heavy atom. The van der Waals surface area contributed by atoms with Gasteiger partial charge in [-0.05, 0) is 30.3 Å². The average Bonchev–Trinajstić information content (AvgIpc) is 3.53. The fraction of sp³-hybridized carbons (Fsp3) is 0.100. The number of methoxy groups -OCH3 is 1. The number of benzene rings is 1. The van der Waals surface area contributed by atoms with Gasteiger partial charge >= 0.3 is 5.97 Å². The Balaban J connectivity index is 1.36. The fourth-order valence-electron chi connectivity index (χ4n) is 2.55. The molecule has 0 saturated carbocycles. The van der Waals surface area contributed by atoms with Crippen molar-refractivity contribution in [2.45, 2.75) is 6.61 Å². The van der Waals surface area contributed by atoms with Gasteiger partial charge in [-0.2, -0.15) is 0 Å². The summed E-state index contributed by atoms with van der Waals surface area (Å²) >= 11 is 8.46. The number of aromatic nitrogens is 3. The third-order valence-electron chi connectivity index (χ3n) is 4.07. The van der Waals surface area contributed by atoms with E-state index in [9.17, 15) is 9.59 Å². The predicted octanol–water partition coefficient (Wildman–Crippen LogP) is 4.87. The normalized spacial score (nSPS) is 10.6. The maximum Gasteiger partial charge on any atom is 0.354 e. The van der Waals surface area contributed by atoms with Gasteiger partial charge in [-0.1, -0.05) is 11.6 Å². The topological polar surface area (TPSA) is 106 Å². The number of carbonyl (C=O) groups excluding carboxylic acids is 2. The molecule has 1 aromatic carbocycles. The van der Waals surface area contributed by atoms with Gasteiger partial charge < -0.3 is 14.5 Å². The van der Waals surface area contributed by atoms with Gasteiger partial charge in [0.2, 0.25) is 0 Å². The highest BCUT2D eigenvalue weighted by atomic mass is 35.5. The van der Waals surface area contributed by atoms with E-state index < -0.39 is 5.97 Å². The Morgan fingerprint density at radius 2 is 1.97 bits per heavy atom. The maximum atomic E-state index is 12.5. The first-order chi connectivity index (χ1) is 15.0. The largest absolute Gasteiger partial charge is 0.486 e. The quantitative estimate of drug-likeness (QED) is 0.370. The number of halogens is 1. The molecule has 0 bridgehead atoms. The molecule has 0 saturated heterocycles. The number of hydrogen-bond donors (Lipinski definition) is 2. The summed E-state index contributed by atoms with van der Waals surface area (Å²) in [5.74, 6) is -0.158. The van der Waals surface area contributed by atoms with Crippen LogP contribution in [0.1, 0.15) is 26.0 Å². The van der Waals surface area contributed by atoms with Crippen LogP contribution in [-0.4, -0.2) is 33.9 Å².